The lowest BCUT2D eigenvalue weighted by molar-refractivity contribution is -0.141. The van der Waals surface area contributed by atoms with E-state index in [2.05, 4.69) is 17.1 Å². The van der Waals surface area contributed by atoms with Gasteiger partial charge in [-0.1, -0.05) is 48.5 Å². The monoisotopic (exact) mass is 443 g/mol. The van der Waals surface area contributed by atoms with Gasteiger partial charge < -0.3 is 15.0 Å². The molecule has 2 aliphatic rings. The van der Waals surface area contributed by atoms with E-state index in [0.29, 0.717) is 41.2 Å². The summed E-state index contributed by atoms with van der Waals surface area (Å²) in [6.07, 6.45) is 0.928. The standard InChI is InChI=1S/C26H25N3O4/c1-16(30)17-6-5-7-18(14-17)22(31)24(33)29-13-10-21-20(15-29)23(32)28-25(27-21)26(11-12-26)19-8-3-2-4-9-19/h2-9,14,22,31H,10-13,15H2,1H3,(H,27,28,32). The first kappa shape index (κ1) is 21.3. The van der Waals surface area contributed by atoms with Crippen molar-refractivity contribution in [1.29, 1.82) is 0 Å². The Balaban J connectivity index is 1.38. The largest absolute Gasteiger partial charge is 0.378 e. The molecule has 5 rings (SSSR count). The molecular formula is C26H25N3O4. The van der Waals surface area contributed by atoms with Crippen LogP contribution in [0.4, 0.5) is 0 Å². The number of amides is 1. The molecule has 0 bridgehead atoms. The Morgan fingerprint density at radius 2 is 1.88 bits per heavy atom. The lowest BCUT2D eigenvalue weighted by Gasteiger charge is -2.30. The van der Waals surface area contributed by atoms with Crippen LogP contribution in [0.25, 0.3) is 0 Å². The molecule has 1 aromatic heterocycles. The minimum atomic E-state index is -1.40. The first-order valence-electron chi connectivity index (χ1n) is 11.1. The lowest BCUT2D eigenvalue weighted by Crippen LogP contribution is -2.42. The number of aliphatic hydroxyl groups is 1. The van der Waals surface area contributed by atoms with Crippen molar-refractivity contribution in [1.82, 2.24) is 14.9 Å². The van der Waals surface area contributed by atoms with Crippen molar-refractivity contribution in [2.24, 2.45) is 0 Å². The van der Waals surface area contributed by atoms with Gasteiger partial charge in [-0.15, -0.1) is 0 Å². The predicted octanol–water partition coefficient (Wildman–Crippen LogP) is 2.67. The number of hydrogen-bond donors (Lipinski definition) is 2. The number of benzene rings is 2. The quantitative estimate of drug-likeness (QED) is 0.590. The molecule has 7 heteroatoms. The Hall–Kier alpha value is -3.58. The van der Waals surface area contributed by atoms with E-state index in [-0.39, 0.29) is 23.3 Å². The summed E-state index contributed by atoms with van der Waals surface area (Å²) in [7, 11) is 0. The van der Waals surface area contributed by atoms with Crippen LogP contribution >= 0.6 is 0 Å². The van der Waals surface area contributed by atoms with Crippen LogP contribution in [0.1, 0.15) is 64.4 Å². The number of Topliss-reactive ketones (excluding diaryl/α,β-unsaturated/α-hetero) is 1. The molecule has 2 heterocycles. The molecule has 0 saturated heterocycles. The fourth-order valence-corrected chi connectivity index (χ4v) is 4.63. The highest BCUT2D eigenvalue weighted by Gasteiger charge is 2.48. The van der Waals surface area contributed by atoms with Crippen molar-refractivity contribution in [3.05, 3.63) is 98.7 Å². The Bertz CT molecular complexity index is 1290. The fourth-order valence-electron chi connectivity index (χ4n) is 4.63. The second-order valence-corrected chi connectivity index (χ2v) is 8.88. The second kappa shape index (κ2) is 8.08. The summed E-state index contributed by atoms with van der Waals surface area (Å²) in [6, 6.07) is 16.5. The van der Waals surface area contributed by atoms with Gasteiger partial charge in [-0.25, -0.2) is 4.98 Å². The Morgan fingerprint density at radius 3 is 2.58 bits per heavy atom. The molecule has 1 atom stereocenters. The van der Waals surface area contributed by atoms with Crippen LogP contribution in [0.5, 0.6) is 0 Å². The highest BCUT2D eigenvalue weighted by molar-refractivity contribution is 5.94. The minimum absolute atomic E-state index is 0.0958. The van der Waals surface area contributed by atoms with Gasteiger partial charge in [-0.2, -0.15) is 0 Å². The van der Waals surface area contributed by atoms with Crippen molar-refractivity contribution in [2.45, 2.75) is 44.2 Å². The topological polar surface area (TPSA) is 103 Å². The number of ketones is 1. The molecule has 2 aromatic carbocycles. The van der Waals surface area contributed by atoms with E-state index in [1.54, 1.807) is 18.2 Å². The number of aliphatic hydroxyl groups excluding tert-OH is 1. The van der Waals surface area contributed by atoms with Crippen LogP contribution in [-0.4, -0.2) is 38.2 Å². The number of rotatable bonds is 5. The van der Waals surface area contributed by atoms with E-state index in [9.17, 15) is 19.5 Å². The van der Waals surface area contributed by atoms with Crippen molar-refractivity contribution >= 4 is 11.7 Å². The average Bonchev–Trinajstić information content (AvgIpc) is 3.66. The maximum absolute atomic E-state index is 13.0. The van der Waals surface area contributed by atoms with Crippen molar-refractivity contribution in [3.8, 4) is 0 Å². The third-order valence-corrected chi connectivity index (χ3v) is 6.75. The number of nitrogens with zero attached hydrogens (tertiary/aromatic N) is 2. The smallest absolute Gasteiger partial charge is 0.256 e. The zero-order valence-corrected chi connectivity index (χ0v) is 18.4. The van der Waals surface area contributed by atoms with Gasteiger partial charge in [-0.3, -0.25) is 14.4 Å². The fraction of sp³-hybridized carbons (Fsp3) is 0.308. The van der Waals surface area contributed by atoms with E-state index < -0.39 is 12.0 Å². The SMILES string of the molecule is CC(=O)c1cccc(C(O)C(=O)N2CCc3nc(C4(c5ccccc5)CC4)[nH]c(=O)c3C2)c1. The van der Waals surface area contributed by atoms with Crippen LogP contribution in [0.15, 0.2) is 59.4 Å². The molecule has 1 unspecified atom stereocenters. The number of hydrogen-bond acceptors (Lipinski definition) is 5. The van der Waals surface area contributed by atoms with Gasteiger partial charge in [0.05, 0.1) is 23.2 Å². The van der Waals surface area contributed by atoms with Gasteiger partial charge in [0.15, 0.2) is 11.9 Å². The van der Waals surface area contributed by atoms with Gasteiger partial charge in [0.25, 0.3) is 11.5 Å². The first-order chi connectivity index (χ1) is 15.9. The van der Waals surface area contributed by atoms with Gasteiger partial charge in [-0.05, 0) is 37.0 Å². The third-order valence-electron chi connectivity index (χ3n) is 6.75. The zero-order chi connectivity index (χ0) is 23.2. The molecule has 3 aromatic rings. The van der Waals surface area contributed by atoms with Crippen LogP contribution < -0.4 is 5.56 Å². The average molecular weight is 444 g/mol. The molecule has 168 valence electrons. The summed E-state index contributed by atoms with van der Waals surface area (Å²) in [4.78, 5) is 46.9. The third kappa shape index (κ3) is 3.78. The van der Waals surface area contributed by atoms with Crippen LogP contribution in [-0.2, 0) is 23.2 Å². The zero-order valence-electron chi connectivity index (χ0n) is 18.4. The Morgan fingerprint density at radius 1 is 1.12 bits per heavy atom. The molecule has 33 heavy (non-hydrogen) atoms. The van der Waals surface area contributed by atoms with E-state index in [1.165, 1.54) is 17.9 Å². The maximum Gasteiger partial charge on any atom is 0.256 e. The summed E-state index contributed by atoms with van der Waals surface area (Å²) in [5.41, 5.74) is 2.66. The number of fused-ring (bicyclic) bond motifs is 1. The Kier molecular flexibility index (Phi) is 5.21. The summed E-state index contributed by atoms with van der Waals surface area (Å²) in [6.45, 7) is 1.90. The number of nitrogens with one attached hydrogen (secondary N) is 1. The molecule has 7 nitrogen and oxygen atoms in total. The molecule has 2 N–H and O–H groups in total. The lowest BCUT2D eigenvalue weighted by atomic mass is 9.94. The van der Waals surface area contributed by atoms with Crippen LogP contribution in [0.3, 0.4) is 0 Å². The predicted molar refractivity (Wildman–Crippen MR) is 122 cm³/mol. The molecule has 1 saturated carbocycles. The number of H-pyrrole nitrogens is 1. The molecule has 1 fully saturated rings. The summed E-state index contributed by atoms with van der Waals surface area (Å²) >= 11 is 0. The minimum Gasteiger partial charge on any atom is -0.378 e. The summed E-state index contributed by atoms with van der Waals surface area (Å²) in [5, 5.41) is 10.6. The molecule has 0 spiro atoms. The molecule has 1 aliphatic carbocycles. The highest BCUT2D eigenvalue weighted by atomic mass is 16.3. The van der Waals surface area contributed by atoms with E-state index in [0.717, 1.165) is 18.4 Å². The summed E-state index contributed by atoms with van der Waals surface area (Å²) < 4.78 is 0. The van der Waals surface area contributed by atoms with Crippen molar-refractivity contribution in [3.63, 3.8) is 0 Å². The molecule has 1 amide bonds. The normalized spacial score (nSPS) is 17.2. The van der Waals surface area contributed by atoms with Crippen LogP contribution in [0, 0.1) is 0 Å². The second-order valence-electron chi connectivity index (χ2n) is 8.88. The van der Waals surface area contributed by atoms with Gasteiger partial charge in [0.1, 0.15) is 5.82 Å². The maximum atomic E-state index is 13.0. The van der Waals surface area contributed by atoms with Crippen molar-refractivity contribution < 1.29 is 14.7 Å². The van der Waals surface area contributed by atoms with Gasteiger partial charge in [0.2, 0.25) is 0 Å². The first-order valence-corrected chi connectivity index (χ1v) is 11.1. The van der Waals surface area contributed by atoms with Gasteiger partial charge in [0, 0.05) is 18.5 Å². The van der Waals surface area contributed by atoms with Crippen molar-refractivity contribution in [2.75, 3.05) is 6.54 Å². The van der Waals surface area contributed by atoms with E-state index in [4.69, 9.17) is 4.98 Å². The van der Waals surface area contributed by atoms with E-state index >= 15 is 0 Å². The summed E-state index contributed by atoms with van der Waals surface area (Å²) in [5.74, 6) is 0.0619. The highest BCUT2D eigenvalue weighted by Crippen LogP contribution is 2.51. The number of aromatic nitrogens is 2. The van der Waals surface area contributed by atoms with Crippen LogP contribution in [0.2, 0.25) is 0 Å². The molecule has 1 aliphatic heterocycles. The number of carbonyl (C=O) groups is 2. The number of carbonyl (C=O) groups excluding carboxylic acids is 2. The molecular weight excluding hydrogens is 418 g/mol. The van der Waals surface area contributed by atoms with E-state index in [1.807, 2.05) is 18.2 Å². The Labute approximate surface area is 191 Å². The molecule has 0 radical (unpaired) electrons. The van der Waals surface area contributed by atoms with Gasteiger partial charge >= 0.3 is 0 Å². The number of aromatic amines is 1.